The van der Waals surface area contributed by atoms with E-state index in [0.717, 1.165) is 39.0 Å². The molecular weight excluding hydrogens is 226 g/mol. The Balaban J connectivity index is 1.77. The van der Waals surface area contributed by atoms with Crippen LogP contribution in [-0.2, 0) is 4.79 Å². The molecule has 18 heavy (non-hydrogen) atoms. The highest BCUT2D eigenvalue weighted by Crippen LogP contribution is 2.39. The minimum absolute atomic E-state index is 0.204. The number of likely N-dealkylation sites (tertiary alicyclic amines) is 1. The minimum Gasteiger partial charge on any atom is -0.355 e. The van der Waals surface area contributed by atoms with Crippen LogP contribution >= 0.6 is 0 Å². The van der Waals surface area contributed by atoms with Crippen molar-refractivity contribution in [3.63, 3.8) is 0 Å². The largest absolute Gasteiger partial charge is 0.355 e. The van der Waals surface area contributed by atoms with E-state index in [9.17, 15) is 4.79 Å². The second-order valence-electron chi connectivity index (χ2n) is 6.20. The molecule has 1 saturated carbocycles. The topological polar surface area (TPSA) is 44.4 Å². The maximum absolute atomic E-state index is 12.2. The highest BCUT2D eigenvalue weighted by atomic mass is 16.1. The maximum Gasteiger partial charge on any atom is 0.224 e. The first kappa shape index (κ1) is 13.8. The summed E-state index contributed by atoms with van der Waals surface area (Å²) in [6.45, 7) is 3.93. The molecule has 1 amide bonds. The summed E-state index contributed by atoms with van der Waals surface area (Å²) in [6, 6.07) is 0. The summed E-state index contributed by atoms with van der Waals surface area (Å²) in [7, 11) is 4.10. The van der Waals surface area contributed by atoms with Crippen LogP contribution in [0.5, 0.6) is 0 Å². The molecule has 1 atom stereocenters. The van der Waals surface area contributed by atoms with E-state index in [1.807, 2.05) is 7.05 Å². The number of piperidine rings is 1. The van der Waals surface area contributed by atoms with Crippen LogP contribution in [0.1, 0.15) is 32.1 Å². The van der Waals surface area contributed by atoms with Gasteiger partial charge >= 0.3 is 0 Å². The number of carbonyl (C=O) groups excluding carboxylic acids is 1. The molecule has 4 nitrogen and oxygen atoms in total. The van der Waals surface area contributed by atoms with E-state index in [4.69, 9.17) is 0 Å². The van der Waals surface area contributed by atoms with Gasteiger partial charge in [0.05, 0.1) is 5.92 Å². The molecule has 0 radical (unpaired) electrons. The fraction of sp³-hybridized carbons (Fsp3) is 0.929. The smallest absolute Gasteiger partial charge is 0.224 e. The molecule has 104 valence electrons. The molecule has 0 bridgehead atoms. The Morgan fingerprint density at radius 3 is 2.67 bits per heavy atom. The Morgan fingerprint density at radius 2 is 2.11 bits per heavy atom. The van der Waals surface area contributed by atoms with Gasteiger partial charge in [-0.3, -0.25) is 4.79 Å². The second-order valence-corrected chi connectivity index (χ2v) is 6.20. The van der Waals surface area contributed by atoms with E-state index in [2.05, 4.69) is 22.6 Å². The van der Waals surface area contributed by atoms with Crippen molar-refractivity contribution < 1.29 is 4.79 Å². The van der Waals surface area contributed by atoms with E-state index in [-0.39, 0.29) is 11.8 Å². The summed E-state index contributed by atoms with van der Waals surface area (Å²) in [6.07, 6.45) is 6.01. The van der Waals surface area contributed by atoms with Crippen molar-refractivity contribution in [1.29, 1.82) is 0 Å². The van der Waals surface area contributed by atoms with Crippen LogP contribution in [0.2, 0.25) is 0 Å². The van der Waals surface area contributed by atoms with Gasteiger partial charge in [-0.25, -0.2) is 0 Å². The summed E-state index contributed by atoms with van der Waals surface area (Å²) in [4.78, 5) is 14.4. The zero-order valence-electron chi connectivity index (χ0n) is 11.8. The molecular formula is C14H27N3O. The molecule has 1 aliphatic heterocycles. The number of rotatable bonds is 5. The van der Waals surface area contributed by atoms with Crippen molar-refractivity contribution in [2.24, 2.45) is 11.3 Å². The molecule has 0 aromatic rings. The fourth-order valence-corrected chi connectivity index (χ4v) is 3.27. The van der Waals surface area contributed by atoms with Gasteiger partial charge in [-0.1, -0.05) is 6.42 Å². The van der Waals surface area contributed by atoms with Gasteiger partial charge in [0.1, 0.15) is 0 Å². The molecule has 1 saturated heterocycles. The van der Waals surface area contributed by atoms with Gasteiger partial charge in [0, 0.05) is 25.0 Å². The standard InChI is InChI=1S/C14H27N3O/c1-15-10-14(6-4-7-14)11-16-13(18)12-5-3-8-17(2)9-12/h12,15H,3-11H2,1-2H3,(H,16,18). The van der Waals surface area contributed by atoms with E-state index >= 15 is 0 Å². The van der Waals surface area contributed by atoms with Crippen LogP contribution in [0.4, 0.5) is 0 Å². The van der Waals surface area contributed by atoms with Gasteiger partial charge in [-0.15, -0.1) is 0 Å². The molecule has 2 N–H and O–H groups in total. The second kappa shape index (κ2) is 6.02. The number of carbonyl (C=O) groups is 1. The van der Waals surface area contributed by atoms with Crippen molar-refractivity contribution in [2.45, 2.75) is 32.1 Å². The number of nitrogens with one attached hydrogen (secondary N) is 2. The highest BCUT2D eigenvalue weighted by molar-refractivity contribution is 5.79. The molecule has 0 aromatic heterocycles. The maximum atomic E-state index is 12.2. The Kier molecular flexibility index (Phi) is 4.62. The van der Waals surface area contributed by atoms with Crippen molar-refractivity contribution in [3.8, 4) is 0 Å². The van der Waals surface area contributed by atoms with Gasteiger partial charge in [0.2, 0.25) is 5.91 Å². The third-order valence-electron chi connectivity index (χ3n) is 4.60. The lowest BCUT2D eigenvalue weighted by Crippen LogP contribution is -2.50. The summed E-state index contributed by atoms with van der Waals surface area (Å²) < 4.78 is 0. The Labute approximate surface area is 110 Å². The number of amides is 1. The molecule has 0 spiro atoms. The first-order chi connectivity index (χ1) is 8.65. The van der Waals surface area contributed by atoms with Crippen molar-refractivity contribution in [2.75, 3.05) is 40.3 Å². The highest BCUT2D eigenvalue weighted by Gasteiger charge is 2.37. The van der Waals surface area contributed by atoms with Crippen LogP contribution in [0.15, 0.2) is 0 Å². The number of hydrogen-bond acceptors (Lipinski definition) is 3. The average Bonchev–Trinajstić information content (AvgIpc) is 2.32. The van der Waals surface area contributed by atoms with Gasteiger partial charge in [-0.05, 0) is 46.3 Å². The van der Waals surface area contributed by atoms with E-state index in [1.54, 1.807) is 0 Å². The molecule has 0 aromatic carbocycles. The Morgan fingerprint density at radius 1 is 1.33 bits per heavy atom. The molecule has 2 fully saturated rings. The van der Waals surface area contributed by atoms with Gasteiger partial charge in [0.15, 0.2) is 0 Å². The molecule has 2 rings (SSSR count). The normalized spacial score (nSPS) is 27.6. The van der Waals surface area contributed by atoms with Crippen molar-refractivity contribution >= 4 is 5.91 Å². The first-order valence-corrected chi connectivity index (χ1v) is 7.26. The summed E-state index contributed by atoms with van der Waals surface area (Å²) in [5.74, 6) is 0.472. The summed E-state index contributed by atoms with van der Waals surface area (Å²) in [5.41, 5.74) is 0.338. The lowest BCUT2D eigenvalue weighted by Gasteiger charge is -2.42. The zero-order valence-corrected chi connectivity index (χ0v) is 11.8. The number of nitrogens with zero attached hydrogens (tertiary/aromatic N) is 1. The lowest BCUT2D eigenvalue weighted by atomic mass is 9.68. The molecule has 1 heterocycles. The fourth-order valence-electron chi connectivity index (χ4n) is 3.27. The van der Waals surface area contributed by atoms with E-state index in [1.165, 1.54) is 19.3 Å². The van der Waals surface area contributed by atoms with Gasteiger partial charge in [-0.2, -0.15) is 0 Å². The van der Waals surface area contributed by atoms with Crippen molar-refractivity contribution in [3.05, 3.63) is 0 Å². The Hall–Kier alpha value is -0.610. The summed E-state index contributed by atoms with van der Waals surface area (Å²) >= 11 is 0. The predicted octanol–water partition coefficient (Wildman–Crippen LogP) is 0.834. The molecule has 4 heteroatoms. The number of hydrogen-bond donors (Lipinski definition) is 2. The van der Waals surface area contributed by atoms with Crippen LogP contribution < -0.4 is 10.6 Å². The Bertz CT molecular complexity index is 289. The SMILES string of the molecule is CNCC1(CNC(=O)C2CCCN(C)C2)CCC1. The van der Waals surface area contributed by atoms with E-state index in [0.29, 0.717) is 5.41 Å². The van der Waals surface area contributed by atoms with Crippen LogP contribution in [0.3, 0.4) is 0 Å². The summed E-state index contributed by atoms with van der Waals surface area (Å²) in [5, 5.41) is 6.46. The first-order valence-electron chi connectivity index (χ1n) is 7.26. The van der Waals surface area contributed by atoms with Crippen LogP contribution in [-0.4, -0.2) is 51.1 Å². The third kappa shape index (κ3) is 3.23. The quantitative estimate of drug-likeness (QED) is 0.763. The minimum atomic E-state index is 0.204. The van der Waals surface area contributed by atoms with Gasteiger partial charge < -0.3 is 15.5 Å². The zero-order chi connectivity index (χ0) is 13.0. The van der Waals surface area contributed by atoms with Crippen LogP contribution in [0.25, 0.3) is 0 Å². The average molecular weight is 253 g/mol. The predicted molar refractivity (Wildman–Crippen MR) is 73.4 cm³/mol. The van der Waals surface area contributed by atoms with Crippen molar-refractivity contribution in [1.82, 2.24) is 15.5 Å². The van der Waals surface area contributed by atoms with Gasteiger partial charge in [0.25, 0.3) is 0 Å². The monoisotopic (exact) mass is 253 g/mol. The molecule has 1 aliphatic carbocycles. The van der Waals surface area contributed by atoms with Crippen LogP contribution in [0, 0.1) is 11.3 Å². The third-order valence-corrected chi connectivity index (χ3v) is 4.60. The molecule has 2 aliphatic rings. The van der Waals surface area contributed by atoms with E-state index < -0.39 is 0 Å². The lowest BCUT2D eigenvalue weighted by molar-refractivity contribution is -0.127. The molecule has 1 unspecified atom stereocenters.